The number of carbonyl (C=O) groups is 2. The van der Waals surface area contributed by atoms with Crippen molar-refractivity contribution in [3.63, 3.8) is 0 Å². The van der Waals surface area contributed by atoms with Crippen LogP contribution in [0.25, 0.3) is 5.76 Å². The molecule has 1 heterocycles. The minimum Gasteiger partial charge on any atom is -0.507 e. The van der Waals surface area contributed by atoms with Gasteiger partial charge in [-0.2, -0.15) is 0 Å². The van der Waals surface area contributed by atoms with Crippen molar-refractivity contribution in [1.82, 2.24) is 4.90 Å². The van der Waals surface area contributed by atoms with Crippen LogP contribution in [0, 0.1) is 0 Å². The zero-order valence-corrected chi connectivity index (χ0v) is 20.1. The second kappa shape index (κ2) is 12.2. The first-order valence-corrected chi connectivity index (χ1v) is 11.8. The molecule has 0 radical (unpaired) electrons. The highest BCUT2D eigenvalue weighted by atomic mass is 16.5. The number of rotatable bonds is 12. The van der Waals surface area contributed by atoms with Gasteiger partial charge >= 0.3 is 0 Å². The Morgan fingerprint density at radius 2 is 1.71 bits per heavy atom. The number of hydrogen-bond acceptors (Lipinski definition) is 6. The van der Waals surface area contributed by atoms with Gasteiger partial charge in [-0.05, 0) is 50.1 Å². The predicted molar refractivity (Wildman–Crippen MR) is 130 cm³/mol. The summed E-state index contributed by atoms with van der Waals surface area (Å²) in [6.07, 6.45) is 2.54. The first-order valence-electron chi connectivity index (χ1n) is 11.8. The van der Waals surface area contributed by atoms with E-state index in [0.717, 1.165) is 12.8 Å². The van der Waals surface area contributed by atoms with Gasteiger partial charge in [0.1, 0.15) is 17.3 Å². The van der Waals surface area contributed by atoms with Crippen molar-refractivity contribution in [3.05, 3.63) is 65.2 Å². The Morgan fingerprint density at radius 3 is 2.38 bits per heavy atom. The van der Waals surface area contributed by atoms with Crippen molar-refractivity contribution in [2.75, 3.05) is 33.5 Å². The zero-order valence-electron chi connectivity index (χ0n) is 20.1. The van der Waals surface area contributed by atoms with Crippen molar-refractivity contribution in [2.24, 2.45) is 0 Å². The third-order valence-corrected chi connectivity index (χ3v) is 5.70. The second-order valence-corrected chi connectivity index (χ2v) is 8.04. The Bertz CT molecular complexity index is 1010. The van der Waals surface area contributed by atoms with Crippen molar-refractivity contribution in [1.29, 1.82) is 0 Å². The lowest BCUT2D eigenvalue weighted by Gasteiger charge is -2.26. The molecule has 1 fully saturated rings. The molecule has 1 amide bonds. The molecule has 1 unspecified atom stereocenters. The first-order chi connectivity index (χ1) is 16.5. The summed E-state index contributed by atoms with van der Waals surface area (Å²) in [5.74, 6) is -0.325. The zero-order chi connectivity index (χ0) is 24.5. The molecule has 0 aliphatic carbocycles. The number of ether oxygens (including phenoxy) is 3. The number of nitrogens with zero attached hydrogens (tertiary/aromatic N) is 1. The van der Waals surface area contributed by atoms with Gasteiger partial charge in [0.15, 0.2) is 0 Å². The van der Waals surface area contributed by atoms with Gasteiger partial charge in [-0.25, -0.2) is 0 Å². The molecule has 1 aliphatic rings. The molecule has 0 aromatic heterocycles. The lowest BCUT2D eigenvalue weighted by molar-refractivity contribution is -0.140. The number of aliphatic hydroxyl groups excluding tert-OH is 1. The normalized spacial score (nSPS) is 17.3. The molecular formula is C27H33NO6. The summed E-state index contributed by atoms with van der Waals surface area (Å²) >= 11 is 0. The monoisotopic (exact) mass is 467 g/mol. The predicted octanol–water partition coefficient (Wildman–Crippen LogP) is 4.72. The maximum absolute atomic E-state index is 13.2. The molecule has 0 saturated carbocycles. The summed E-state index contributed by atoms with van der Waals surface area (Å²) in [6.45, 7) is 5.76. The molecule has 1 N–H and O–H groups in total. The third kappa shape index (κ3) is 5.59. The Kier molecular flexibility index (Phi) is 9.10. The van der Waals surface area contributed by atoms with Crippen LogP contribution in [0.15, 0.2) is 54.1 Å². The standard InChI is InChI=1S/C27H33NO6/c1-4-6-18-34-20-14-12-19(13-15-20)25(29)23-24(21-10-7-8-11-22(21)33-5-2)28(16-9-17-32-3)27(31)26(23)30/h7-8,10-15,24,29H,4-6,9,16-18H2,1-3H3/b25-23+. The summed E-state index contributed by atoms with van der Waals surface area (Å²) in [7, 11) is 1.59. The molecule has 0 spiro atoms. The van der Waals surface area contributed by atoms with E-state index in [0.29, 0.717) is 55.4 Å². The molecule has 1 saturated heterocycles. The summed E-state index contributed by atoms with van der Waals surface area (Å²) < 4.78 is 16.6. The number of aliphatic hydroxyl groups is 1. The Morgan fingerprint density at radius 1 is 0.971 bits per heavy atom. The van der Waals surface area contributed by atoms with Crippen LogP contribution in [-0.4, -0.2) is 55.2 Å². The number of Topliss-reactive ketones (excluding diaryl/α,β-unsaturated/α-hetero) is 1. The summed E-state index contributed by atoms with van der Waals surface area (Å²) in [5, 5.41) is 11.2. The fraction of sp³-hybridized carbons (Fsp3) is 0.407. The molecule has 1 atom stereocenters. The highest BCUT2D eigenvalue weighted by Crippen LogP contribution is 2.42. The smallest absolute Gasteiger partial charge is 0.295 e. The van der Waals surface area contributed by atoms with Crippen LogP contribution < -0.4 is 9.47 Å². The van der Waals surface area contributed by atoms with Crippen LogP contribution >= 0.6 is 0 Å². The van der Waals surface area contributed by atoms with E-state index in [1.807, 2.05) is 25.1 Å². The van der Waals surface area contributed by atoms with Gasteiger partial charge in [-0.1, -0.05) is 31.5 Å². The van der Waals surface area contributed by atoms with Crippen LogP contribution in [0.2, 0.25) is 0 Å². The van der Waals surface area contributed by atoms with E-state index in [9.17, 15) is 14.7 Å². The van der Waals surface area contributed by atoms with Gasteiger partial charge in [-0.3, -0.25) is 9.59 Å². The van der Waals surface area contributed by atoms with Crippen molar-refractivity contribution < 1.29 is 28.9 Å². The summed E-state index contributed by atoms with van der Waals surface area (Å²) in [5.41, 5.74) is 1.15. The highest BCUT2D eigenvalue weighted by Gasteiger charge is 2.46. The van der Waals surface area contributed by atoms with Crippen molar-refractivity contribution >= 4 is 17.4 Å². The lowest BCUT2D eigenvalue weighted by atomic mass is 9.94. The number of amides is 1. The van der Waals surface area contributed by atoms with Crippen LogP contribution in [0.1, 0.15) is 50.3 Å². The minimum atomic E-state index is -0.764. The molecular weight excluding hydrogens is 434 g/mol. The van der Waals surface area contributed by atoms with Crippen LogP contribution in [-0.2, 0) is 14.3 Å². The van der Waals surface area contributed by atoms with Gasteiger partial charge in [-0.15, -0.1) is 0 Å². The minimum absolute atomic E-state index is 0.0502. The average Bonchev–Trinajstić information content (AvgIpc) is 3.10. The number of unbranched alkanes of at least 4 members (excludes halogenated alkanes) is 1. The molecule has 2 aromatic rings. The number of methoxy groups -OCH3 is 1. The molecule has 182 valence electrons. The SMILES string of the molecule is CCCCOc1ccc(/C(O)=C2\C(=O)C(=O)N(CCCOC)C2c2ccccc2OCC)cc1. The molecule has 7 heteroatoms. The van der Waals surface area contributed by atoms with Crippen LogP contribution in [0.4, 0.5) is 0 Å². The van der Waals surface area contributed by atoms with Crippen molar-refractivity contribution in [2.45, 2.75) is 39.2 Å². The van der Waals surface area contributed by atoms with E-state index in [1.165, 1.54) is 4.90 Å². The fourth-order valence-corrected chi connectivity index (χ4v) is 4.01. The number of carbonyl (C=O) groups excluding carboxylic acids is 2. The Balaban J connectivity index is 2.04. The van der Waals surface area contributed by atoms with Gasteiger partial charge in [0.2, 0.25) is 0 Å². The van der Waals surface area contributed by atoms with E-state index >= 15 is 0 Å². The van der Waals surface area contributed by atoms with E-state index in [4.69, 9.17) is 14.2 Å². The summed E-state index contributed by atoms with van der Waals surface area (Å²) in [4.78, 5) is 27.7. The van der Waals surface area contributed by atoms with E-state index in [2.05, 4.69) is 6.92 Å². The molecule has 3 rings (SSSR count). The number of likely N-dealkylation sites (tertiary alicyclic amines) is 1. The molecule has 0 bridgehead atoms. The summed E-state index contributed by atoms with van der Waals surface area (Å²) in [6, 6.07) is 13.4. The molecule has 7 nitrogen and oxygen atoms in total. The molecule has 1 aliphatic heterocycles. The average molecular weight is 468 g/mol. The lowest BCUT2D eigenvalue weighted by Crippen LogP contribution is -2.31. The maximum atomic E-state index is 13.2. The van der Waals surface area contributed by atoms with Gasteiger partial charge in [0, 0.05) is 31.4 Å². The Hall–Kier alpha value is -3.32. The quantitative estimate of drug-likeness (QED) is 0.210. The van der Waals surface area contributed by atoms with Gasteiger partial charge in [0.25, 0.3) is 11.7 Å². The van der Waals surface area contributed by atoms with Crippen molar-refractivity contribution in [3.8, 4) is 11.5 Å². The van der Waals surface area contributed by atoms with E-state index in [-0.39, 0.29) is 11.3 Å². The van der Waals surface area contributed by atoms with Crippen LogP contribution in [0.5, 0.6) is 11.5 Å². The third-order valence-electron chi connectivity index (χ3n) is 5.70. The highest BCUT2D eigenvalue weighted by molar-refractivity contribution is 6.46. The topological polar surface area (TPSA) is 85.3 Å². The maximum Gasteiger partial charge on any atom is 0.295 e. The number of ketones is 1. The van der Waals surface area contributed by atoms with E-state index in [1.54, 1.807) is 37.4 Å². The molecule has 34 heavy (non-hydrogen) atoms. The van der Waals surface area contributed by atoms with Gasteiger partial charge in [0.05, 0.1) is 24.8 Å². The second-order valence-electron chi connectivity index (χ2n) is 8.04. The van der Waals surface area contributed by atoms with E-state index < -0.39 is 17.7 Å². The largest absolute Gasteiger partial charge is 0.507 e. The fourth-order valence-electron chi connectivity index (χ4n) is 4.01. The van der Waals surface area contributed by atoms with Crippen LogP contribution in [0.3, 0.4) is 0 Å². The first kappa shape index (κ1) is 25.3. The van der Waals surface area contributed by atoms with Gasteiger partial charge < -0.3 is 24.2 Å². The number of para-hydroxylation sites is 1. The number of hydrogen-bond donors (Lipinski definition) is 1. The number of benzene rings is 2. The Labute approximate surface area is 200 Å². The molecule has 2 aromatic carbocycles.